The van der Waals surface area contributed by atoms with Crippen molar-refractivity contribution < 1.29 is 0 Å². The molecule has 0 amide bonds. The molecular formula is C60H41N5. The molecular weight excluding hydrogens is 791 g/mol. The normalized spacial score (nSPS) is 13.6. The van der Waals surface area contributed by atoms with Crippen molar-refractivity contribution in [2.45, 2.75) is 13.3 Å². The van der Waals surface area contributed by atoms with Crippen molar-refractivity contribution in [3.8, 4) is 73.4 Å². The molecule has 0 N–H and O–H groups in total. The lowest BCUT2D eigenvalue weighted by Crippen LogP contribution is -2.07. The van der Waals surface area contributed by atoms with Crippen molar-refractivity contribution >= 4 is 33.0 Å². The highest BCUT2D eigenvalue weighted by atomic mass is 14.9. The molecule has 8 aromatic carbocycles. The van der Waals surface area contributed by atoms with Crippen LogP contribution in [0.25, 0.3) is 100 Å². The Kier molecular flexibility index (Phi) is 10.2. The predicted molar refractivity (Wildman–Crippen MR) is 266 cm³/mol. The molecule has 0 radical (unpaired) electrons. The van der Waals surface area contributed by atoms with Crippen LogP contribution in [-0.4, -0.2) is 19.9 Å². The van der Waals surface area contributed by atoms with Crippen molar-refractivity contribution in [2.24, 2.45) is 5.92 Å². The number of aromatic nitrogens is 4. The molecule has 0 aliphatic heterocycles. The summed E-state index contributed by atoms with van der Waals surface area (Å²) in [5.41, 5.74) is 17.0. The van der Waals surface area contributed by atoms with Gasteiger partial charge in [0.1, 0.15) is 0 Å². The summed E-state index contributed by atoms with van der Waals surface area (Å²) in [6.07, 6.45) is 5.27. The first-order valence-electron chi connectivity index (χ1n) is 22.0. The Morgan fingerprint density at radius 3 is 1.48 bits per heavy atom. The summed E-state index contributed by atoms with van der Waals surface area (Å²) >= 11 is 0. The number of fused-ring (bicyclic) bond motifs is 2. The molecule has 0 fully saturated rings. The summed E-state index contributed by atoms with van der Waals surface area (Å²) in [5.74, 6) is 1.78. The van der Waals surface area contributed by atoms with Gasteiger partial charge in [0.25, 0.3) is 0 Å². The van der Waals surface area contributed by atoms with E-state index < -0.39 is 0 Å². The molecule has 2 heterocycles. The van der Waals surface area contributed by atoms with E-state index in [4.69, 9.17) is 19.9 Å². The van der Waals surface area contributed by atoms with Crippen molar-refractivity contribution in [3.05, 3.63) is 229 Å². The van der Waals surface area contributed by atoms with E-state index in [1.165, 1.54) is 16.7 Å². The van der Waals surface area contributed by atoms with Crippen LogP contribution in [0.5, 0.6) is 0 Å². The summed E-state index contributed by atoms with van der Waals surface area (Å²) < 4.78 is 0. The highest BCUT2D eigenvalue weighted by Crippen LogP contribution is 2.38. The van der Waals surface area contributed by atoms with Gasteiger partial charge in [-0.2, -0.15) is 5.26 Å². The van der Waals surface area contributed by atoms with Crippen LogP contribution < -0.4 is 0 Å². The molecule has 1 aliphatic carbocycles. The van der Waals surface area contributed by atoms with E-state index in [1.54, 1.807) is 0 Å². The Bertz CT molecular complexity index is 3490. The third kappa shape index (κ3) is 7.69. The summed E-state index contributed by atoms with van der Waals surface area (Å²) in [7, 11) is 0. The Labute approximate surface area is 378 Å². The SMILES string of the molecule is CC1CC(c2nc(-c3ccc(-c4ccc(-c5ccc(-c6nc(-c7ccc(-c8ccccc8)cc7)nc7ccccc67)cc5)cc4C#N)cc3)c3ccccc3n2)=CC=C1c1ccccc1. The van der Waals surface area contributed by atoms with E-state index in [-0.39, 0.29) is 0 Å². The number of hydrogen-bond acceptors (Lipinski definition) is 5. The van der Waals surface area contributed by atoms with E-state index in [1.807, 2.05) is 42.5 Å². The first-order chi connectivity index (χ1) is 32.1. The van der Waals surface area contributed by atoms with Crippen LogP contribution in [0.4, 0.5) is 0 Å². The number of para-hydroxylation sites is 2. The second-order valence-corrected chi connectivity index (χ2v) is 16.6. The largest absolute Gasteiger partial charge is 0.228 e. The minimum Gasteiger partial charge on any atom is -0.228 e. The van der Waals surface area contributed by atoms with Gasteiger partial charge in [-0.05, 0) is 80.6 Å². The predicted octanol–water partition coefficient (Wildman–Crippen LogP) is 15.0. The van der Waals surface area contributed by atoms with Crippen LogP contribution in [0.15, 0.2) is 212 Å². The third-order valence-corrected chi connectivity index (χ3v) is 12.5. The topological polar surface area (TPSA) is 75.3 Å². The first-order valence-corrected chi connectivity index (χ1v) is 22.0. The van der Waals surface area contributed by atoms with Crippen LogP contribution in [0, 0.1) is 17.2 Å². The van der Waals surface area contributed by atoms with Crippen LogP contribution in [-0.2, 0) is 0 Å². The van der Waals surface area contributed by atoms with Crippen molar-refractivity contribution in [3.63, 3.8) is 0 Å². The second kappa shape index (κ2) is 16.9. The van der Waals surface area contributed by atoms with E-state index in [2.05, 4.69) is 183 Å². The first kappa shape index (κ1) is 39.3. The number of nitrogens with zero attached hydrogens (tertiary/aromatic N) is 5. The Balaban J connectivity index is 0.869. The average molecular weight is 832 g/mol. The van der Waals surface area contributed by atoms with Gasteiger partial charge in [-0.3, -0.25) is 0 Å². The molecule has 1 unspecified atom stereocenters. The fourth-order valence-corrected chi connectivity index (χ4v) is 9.04. The molecule has 0 bridgehead atoms. The Morgan fingerprint density at radius 2 is 0.877 bits per heavy atom. The van der Waals surface area contributed by atoms with E-state index in [9.17, 15) is 5.26 Å². The molecule has 65 heavy (non-hydrogen) atoms. The Morgan fingerprint density at radius 1 is 0.415 bits per heavy atom. The van der Waals surface area contributed by atoms with Crippen LogP contribution in [0.1, 0.15) is 30.3 Å². The van der Waals surface area contributed by atoms with Crippen molar-refractivity contribution in [1.29, 1.82) is 5.26 Å². The molecule has 1 aliphatic rings. The van der Waals surface area contributed by atoms with Crippen LogP contribution in [0.2, 0.25) is 0 Å². The van der Waals surface area contributed by atoms with Crippen molar-refractivity contribution in [2.75, 3.05) is 0 Å². The minimum atomic E-state index is 0.337. The number of benzene rings is 8. The maximum atomic E-state index is 10.5. The number of allylic oxidation sites excluding steroid dienone is 4. The molecule has 5 heteroatoms. The lowest BCUT2D eigenvalue weighted by Gasteiger charge is -2.22. The highest BCUT2D eigenvalue weighted by Gasteiger charge is 2.21. The molecule has 0 spiro atoms. The molecule has 10 aromatic rings. The molecule has 2 aromatic heterocycles. The lowest BCUT2D eigenvalue weighted by molar-refractivity contribution is 0.765. The maximum absolute atomic E-state index is 10.5. The second-order valence-electron chi connectivity index (χ2n) is 16.6. The number of nitriles is 1. The van der Waals surface area contributed by atoms with Gasteiger partial charge in [0.2, 0.25) is 0 Å². The van der Waals surface area contributed by atoms with Gasteiger partial charge in [0, 0.05) is 27.5 Å². The van der Waals surface area contributed by atoms with Gasteiger partial charge in [-0.25, -0.2) is 19.9 Å². The lowest BCUT2D eigenvalue weighted by atomic mass is 9.84. The zero-order valence-electron chi connectivity index (χ0n) is 35.7. The smallest absolute Gasteiger partial charge is 0.160 e. The minimum absolute atomic E-state index is 0.337. The monoisotopic (exact) mass is 831 g/mol. The average Bonchev–Trinajstić information content (AvgIpc) is 3.38. The van der Waals surface area contributed by atoms with E-state index in [0.29, 0.717) is 17.3 Å². The zero-order chi connectivity index (χ0) is 43.7. The molecule has 11 rings (SSSR count). The number of hydrogen-bond donors (Lipinski definition) is 0. The fourth-order valence-electron chi connectivity index (χ4n) is 9.04. The van der Waals surface area contributed by atoms with E-state index in [0.717, 1.165) is 95.5 Å². The fraction of sp³-hybridized carbons (Fsp3) is 0.0500. The molecule has 1 atom stereocenters. The molecule has 0 saturated heterocycles. The van der Waals surface area contributed by atoms with Gasteiger partial charge in [-0.15, -0.1) is 0 Å². The van der Waals surface area contributed by atoms with Crippen molar-refractivity contribution in [1.82, 2.24) is 19.9 Å². The van der Waals surface area contributed by atoms with Crippen LogP contribution >= 0.6 is 0 Å². The summed E-state index contributed by atoms with van der Waals surface area (Å²) in [6, 6.07) is 71.2. The van der Waals surface area contributed by atoms with Gasteiger partial charge in [0.15, 0.2) is 11.6 Å². The van der Waals surface area contributed by atoms with Crippen LogP contribution in [0.3, 0.4) is 0 Å². The molecule has 306 valence electrons. The summed E-state index contributed by atoms with van der Waals surface area (Å²) in [6.45, 7) is 2.27. The standard InChI is InChI=1S/C60H41N5/c1-39-36-49(33-34-51(39)43-14-6-3-7-15-43)60-63-56-19-11-9-17-54(56)58(65-60)46-28-24-44(25-29-46)52-35-32-48(37-50(52)38-61)42-20-26-45(27-21-42)57-53-16-8-10-18-55(53)62-59(64-57)47-30-22-41(23-31-47)40-12-4-2-5-13-40/h2-35,37,39H,36H2,1H3. The molecule has 5 nitrogen and oxygen atoms in total. The van der Waals surface area contributed by atoms with E-state index >= 15 is 0 Å². The van der Waals surface area contributed by atoms with Gasteiger partial charge in [-0.1, -0.05) is 201 Å². The van der Waals surface area contributed by atoms with Gasteiger partial charge >= 0.3 is 0 Å². The highest BCUT2D eigenvalue weighted by molar-refractivity contribution is 5.95. The summed E-state index contributed by atoms with van der Waals surface area (Å²) in [4.78, 5) is 20.4. The third-order valence-electron chi connectivity index (χ3n) is 12.5. The van der Waals surface area contributed by atoms with Gasteiger partial charge in [0.05, 0.1) is 34.1 Å². The quantitative estimate of drug-likeness (QED) is 0.152. The molecule has 0 saturated carbocycles. The zero-order valence-corrected chi connectivity index (χ0v) is 35.7. The number of rotatable bonds is 8. The Hall–Kier alpha value is -8.59. The summed E-state index contributed by atoms with van der Waals surface area (Å²) in [5, 5.41) is 12.4. The van der Waals surface area contributed by atoms with Gasteiger partial charge < -0.3 is 0 Å². The maximum Gasteiger partial charge on any atom is 0.160 e.